The van der Waals surface area contributed by atoms with Gasteiger partial charge in [-0.15, -0.1) is 0 Å². The molecular weight excluding hydrogens is 1660 g/mol. The molecule has 42 heteroatoms. The summed E-state index contributed by atoms with van der Waals surface area (Å²) in [6.45, 7) is 0. The van der Waals surface area contributed by atoms with E-state index in [1.807, 2.05) is 0 Å². The van der Waals surface area contributed by atoms with Gasteiger partial charge in [0.25, 0.3) is 0 Å². The smallest absolute Gasteiger partial charge is 0.460 e. The van der Waals surface area contributed by atoms with Crippen molar-refractivity contribution in [2.24, 2.45) is 0 Å². The van der Waals surface area contributed by atoms with Gasteiger partial charge in [0.2, 0.25) is 0 Å². The zero-order valence-corrected chi connectivity index (χ0v) is 55.3. The molecule has 0 aliphatic rings. The first-order chi connectivity index (χ1) is 46.3. The Morgan fingerprint density at radius 1 is 0.225 bits per heavy atom. The molecule has 0 saturated carbocycles. The Morgan fingerprint density at radius 2 is 0.382 bits per heavy atom. The van der Waals surface area contributed by atoms with E-state index in [-0.39, 0.29) is 43.0 Å². The Hall–Kier alpha value is -6.97. The van der Waals surface area contributed by atoms with Crippen molar-refractivity contribution in [3.8, 4) is 22.3 Å². The maximum Gasteiger partial charge on any atom is 0.460 e. The van der Waals surface area contributed by atoms with E-state index in [0.29, 0.717) is 0 Å². The highest BCUT2D eigenvalue weighted by atomic mass is 127. The average molecular weight is 1700 g/mol. The Kier molecular flexibility index (Phi) is 26.0. The van der Waals surface area contributed by atoms with Crippen LogP contribution in [0.2, 0.25) is 0 Å². The van der Waals surface area contributed by atoms with Crippen LogP contribution in [0, 0.1) is 7.14 Å². The van der Waals surface area contributed by atoms with Crippen molar-refractivity contribution in [1.29, 1.82) is 0 Å². The van der Waals surface area contributed by atoms with Crippen molar-refractivity contribution in [2.75, 3.05) is 0 Å². The maximum absolute atomic E-state index is 12.2. The number of hydrogen-bond donors (Lipinski definition) is 0. The van der Waals surface area contributed by atoms with Crippen molar-refractivity contribution in [3.05, 3.63) is 226 Å². The summed E-state index contributed by atoms with van der Waals surface area (Å²) < 4.78 is 409. The van der Waals surface area contributed by atoms with Crippen LogP contribution in [0.1, 0.15) is 0 Å². The van der Waals surface area contributed by atoms with E-state index >= 15 is 0 Å². The third kappa shape index (κ3) is 18.0. The van der Waals surface area contributed by atoms with Gasteiger partial charge >= 0.3 is 91.0 Å². The molecule has 0 unspecified atom stereocenters. The minimum absolute atomic E-state index is 0.133. The van der Waals surface area contributed by atoms with Crippen LogP contribution in [0.4, 0.5) is 119 Å². The molecule has 0 aromatic heterocycles. The van der Waals surface area contributed by atoms with Crippen LogP contribution in [0.3, 0.4) is 0 Å². The number of benzene rings is 8. The first-order valence-electron chi connectivity index (χ1n) is 26.5. The van der Waals surface area contributed by atoms with Gasteiger partial charge in [-0.2, -0.15) is 119 Å². The molecule has 556 valence electrons. The van der Waals surface area contributed by atoms with Gasteiger partial charge in [-0.1, -0.05) is 72.8 Å². The van der Waals surface area contributed by atoms with Gasteiger partial charge in [-0.05, 0) is 168 Å². The Bertz CT molecular complexity index is 4000. The summed E-state index contributed by atoms with van der Waals surface area (Å²) in [6, 6.07) is 80.1. The Morgan fingerprint density at radius 3 is 0.539 bits per heavy atom. The molecule has 8 aromatic carbocycles. The van der Waals surface area contributed by atoms with Gasteiger partial charge in [0.1, 0.15) is 0 Å². The fourth-order valence-corrected chi connectivity index (χ4v) is 15.4. The van der Waals surface area contributed by atoms with E-state index < -0.39 is 100 Å². The van der Waals surface area contributed by atoms with Crippen LogP contribution in [-0.2, 0) is 52.1 Å². The molecule has 8 rings (SSSR count). The van der Waals surface area contributed by atoms with E-state index in [2.05, 4.69) is 218 Å². The predicted molar refractivity (Wildman–Crippen MR) is 303 cm³/mol. The second kappa shape index (κ2) is 31.0. The minimum atomic E-state index is -7.43. The molecule has 0 atom stereocenters. The number of rotatable bonds is 19. The molecule has 0 amide bonds. The van der Waals surface area contributed by atoms with Gasteiger partial charge in [0, 0.05) is 0 Å². The summed E-state index contributed by atoms with van der Waals surface area (Å²) in [6.07, 6.45) is -21.5. The fourth-order valence-electron chi connectivity index (χ4n) is 7.70. The first kappa shape index (κ1) is 85.7. The summed E-state index contributed by atoms with van der Waals surface area (Å²) in [4.78, 5) is 8.03. The highest BCUT2D eigenvalue weighted by Crippen LogP contribution is 2.57. The molecule has 0 spiro atoms. The van der Waals surface area contributed by atoms with Crippen LogP contribution < -0.4 is 21.2 Å². The van der Waals surface area contributed by atoms with Crippen molar-refractivity contribution in [1.82, 2.24) is 0 Å². The van der Waals surface area contributed by atoms with Gasteiger partial charge in [0.15, 0.2) is 66.9 Å². The monoisotopic (exact) mass is 1700 g/mol. The lowest BCUT2D eigenvalue weighted by atomic mass is 10.1. The fraction of sp³-hybridized carbons (Fsp3) is 0.200. The van der Waals surface area contributed by atoms with Crippen LogP contribution >= 0.6 is 0 Å². The molecule has 102 heavy (non-hydrogen) atoms. The van der Waals surface area contributed by atoms with E-state index in [9.17, 15) is 157 Å². The van der Waals surface area contributed by atoms with Gasteiger partial charge in [-0.3, -0.25) is 0 Å². The standard InChI is InChI=1S/C48H36IS2.3C4HF9O3S/c1-5-13-43(14-6-1)50(44-15-7-2-8-16-44)47-33-25-39(26-34-47)37-21-29-41(30-22-37)49-42-31-23-38(24-32-42)40-27-35-48(36-28-40)51(45-17-9-3-10-18-45)46-19-11-4-12-20-46;3*5-1(6,3(9,10)11)2(7,8)4(12,13)17(14,15)16/h1-36H;3*(H,14,15,16)/q+3;;;/p-3. The highest BCUT2D eigenvalue weighted by molar-refractivity contribution is 7.97. The quantitative estimate of drug-likeness (QED) is 0.0331. The molecule has 0 aliphatic carbocycles. The number of hydrogen-bond acceptors (Lipinski definition) is 9. The summed E-state index contributed by atoms with van der Waals surface area (Å²) >= 11 is -0.268. The Balaban J connectivity index is 0.000000301. The van der Waals surface area contributed by atoms with E-state index in [4.69, 9.17) is 0 Å². The molecule has 0 heterocycles. The normalized spacial score (nSPS) is 13.6. The largest absolute Gasteiger partial charge is 0.743 e. The van der Waals surface area contributed by atoms with E-state index in [1.165, 1.54) is 58.8 Å². The number of halogens is 28. The molecule has 9 nitrogen and oxygen atoms in total. The van der Waals surface area contributed by atoms with Crippen molar-refractivity contribution < 1.29 is 179 Å². The molecule has 0 bridgehead atoms. The van der Waals surface area contributed by atoms with Crippen molar-refractivity contribution >= 4 is 52.1 Å². The second-order valence-electron chi connectivity index (χ2n) is 19.9. The zero-order valence-electron chi connectivity index (χ0n) is 49.1. The number of alkyl halides is 27. The summed E-state index contributed by atoms with van der Waals surface area (Å²) in [5.74, 6) is -44.5. The molecule has 0 aliphatic heterocycles. The van der Waals surface area contributed by atoms with Crippen LogP contribution in [0.5, 0.6) is 0 Å². The van der Waals surface area contributed by atoms with E-state index in [0.717, 1.165) is 0 Å². The lowest BCUT2D eigenvalue weighted by Crippen LogP contribution is -3.61. The van der Waals surface area contributed by atoms with Crippen LogP contribution in [-0.4, -0.2) is 109 Å². The van der Waals surface area contributed by atoms with Crippen LogP contribution in [0.15, 0.2) is 248 Å². The van der Waals surface area contributed by atoms with Crippen molar-refractivity contribution in [2.45, 2.75) is 99.2 Å². The van der Waals surface area contributed by atoms with Gasteiger partial charge < -0.3 is 13.7 Å². The topological polar surface area (TPSA) is 172 Å². The summed E-state index contributed by atoms with van der Waals surface area (Å²) in [5.41, 5.74) is 5.02. The van der Waals surface area contributed by atoms with Gasteiger partial charge in [0.05, 0.1) is 21.8 Å². The van der Waals surface area contributed by atoms with Crippen molar-refractivity contribution in [3.63, 3.8) is 0 Å². The lowest BCUT2D eigenvalue weighted by molar-refractivity contribution is -0.597. The Labute approximate surface area is 574 Å². The first-order valence-corrected chi connectivity index (χ1v) is 35.3. The van der Waals surface area contributed by atoms with E-state index in [1.54, 1.807) is 0 Å². The molecule has 8 aromatic rings. The lowest BCUT2D eigenvalue weighted by Gasteiger charge is -2.34. The summed E-state index contributed by atoms with van der Waals surface area (Å²) in [5, 5.41) is -21.3. The summed E-state index contributed by atoms with van der Waals surface area (Å²) in [7, 11) is -22.5. The molecule has 0 N–H and O–H groups in total. The second-order valence-corrected chi connectivity index (χ2v) is 31.2. The third-order valence-corrected chi connectivity index (χ3v) is 22.8. The van der Waals surface area contributed by atoms with Gasteiger partial charge in [-0.25, -0.2) is 25.3 Å². The molecule has 0 saturated heterocycles. The zero-order chi connectivity index (χ0) is 77.7. The SMILES string of the molecule is O=S(=O)([O-])C(F)(F)C(F)(F)C(F)(F)C(F)(F)F.O=S(=O)([O-])C(F)(F)C(F)(F)C(F)(F)C(F)(F)F.O=S(=O)([O-])C(F)(F)C(F)(F)C(F)(F)C(F)(F)F.c1ccc([S+](c2ccccc2)c2ccc(-c3ccc([I+]c4ccc(-c5ccc([S+](c6ccccc6)c6ccccc6)cc5)cc4)cc3)cc2)cc1. The third-order valence-electron chi connectivity index (χ3n) is 13.0. The van der Waals surface area contributed by atoms with Crippen LogP contribution in [0.25, 0.3) is 22.3 Å². The average Bonchev–Trinajstić information content (AvgIpc) is 0.740. The highest BCUT2D eigenvalue weighted by Gasteiger charge is 2.86. The molecule has 0 fully saturated rings. The minimum Gasteiger partial charge on any atom is -0.743 e. The maximum atomic E-state index is 12.2. The molecular formula is C60H36F27IO9S5. The predicted octanol–water partition coefficient (Wildman–Crippen LogP) is 15.2. The molecule has 0 radical (unpaired) electrons.